The van der Waals surface area contributed by atoms with Gasteiger partial charge in [-0.25, -0.2) is 9.89 Å². The summed E-state index contributed by atoms with van der Waals surface area (Å²) >= 11 is 1.18. The standard InChI is InChI=1S/C29H29N5O4S/c1-18(2)19-9-11-20(12-10-19)31-26(36)17-39-29-33-23-8-4-3-7-22(23)27-32-24(28(37)34(27)29)13-14-25(35)30-16-21-6-5-15-38-21/h3-12,15,18,24H,13-14,16-17H2,1-2H3,(H,30,35)(H,31,36)/t24-/m0/s1. The number of para-hydroxylation sites is 1. The second-order valence-electron chi connectivity index (χ2n) is 9.56. The van der Waals surface area contributed by atoms with Crippen molar-refractivity contribution < 1.29 is 18.8 Å². The number of fused-ring (bicyclic) bond motifs is 3. The minimum Gasteiger partial charge on any atom is -0.467 e. The van der Waals surface area contributed by atoms with Crippen LogP contribution in [0.1, 0.15) is 49.5 Å². The number of thioether (sulfide) groups is 1. The van der Waals surface area contributed by atoms with Crippen molar-refractivity contribution in [3.63, 3.8) is 0 Å². The predicted molar refractivity (Wildman–Crippen MR) is 152 cm³/mol. The summed E-state index contributed by atoms with van der Waals surface area (Å²) in [6.45, 7) is 4.52. The highest BCUT2D eigenvalue weighted by Gasteiger charge is 2.41. The number of carbonyl (C=O) groups is 3. The molecule has 2 aliphatic heterocycles. The summed E-state index contributed by atoms with van der Waals surface area (Å²) < 4.78 is 5.23. The van der Waals surface area contributed by atoms with Gasteiger partial charge in [-0.1, -0.05) is 49.9 Å². The van der Waals surface area contributed by atoms with Crippen molar-refractivity contribution in [2.75, 3.05) is 11.1 Å². The Kier molecular flexibility index (Phi) is 7.92. The van der Waals surface area contributed by atoms with Gasteiger partial charge in [-0.05, 0) is 54.3 Å². The van der Waals surface area contributed by atoms with Gasteiger partial charge in [0, 0.05) is 17.7 Å². The number of benzene rings is 2. The molecular formula is C29H29N5O4S. The third kappa shape index (κ3) is 6.12. The molecule has 3 amide bonds. The van der Waals surface area contributed by atoms with Gasteiger partial charge < -0.3 is 15.1 Å². The summed E-state index contributed by atoms with van der Waals surface area (Å²) in [5, 5.41) is 6.09. The molecule has 3 aromatic rings. The largest absolute Gasteiger partial charge is 0.467 e. The van der Waals surface area contributed by atoms with Crippen LogP contribution in [-0.2, 0) is 20.9 Å². The molecule has 5 rings (SSSR count). The second-order valence-corrected chi connectivity index (χ2v) is 10.5. The molecule has 0 spiro atoms. The number of hydrogen-bond acceptors (Lipinski definition) is 7. The predicted octanol–water partition coefficient (Wildman–Crippen LogP) is 4.83. The number of amidine groups is 2. The first-order valence-electron chi connectivity index (χ1n) is 12.8. The zero-order valence-electron chi connectivity index (χ0n) is 21.7. The highest BCUT2D eigenvalue weighted by atomic mass is 32.2. The van der Waals surface area contributed by atoms with Crippen molar-refractivity contribution in [1.82, 2.24) is 10.2 Å². The molecule has 1 atom stereocenters. The second kappa shape index (κ2) is 11.7. The van der Waals surface area contributed by atoms with Gasteiger partial charge in [-0.15, -0.1) is 0 Å². The fraction of sp³-hybridized carbons (Fsp3) is 0.276. The molecule has 3 heterocycles. The van der Waals surface area contributed by atoms with Gasteiger partial charge in [-0.2, -0.15) is 0 Å². The van der Waals surface area contributed by atoms with Crippen LogP contribution < -0.4 is 10.6 Å². The van der Waals surface area contributed by atoms with Crippen LogP contribution >= 0.6 is 11.8 Å². The Morgan fingerprint density at radius 1 is 1.05 bits per heavy atom. The number of aliphatic imine (C=N–C) groups is 2. The Bertz CT molecular complexity index is 1430. The lowest BCUT2D eigenvalue weighted by atomic mass is 10.0. The normalized spacial score (nSPS) is 15.9. The average Bonchev–Trinajstić information content (AvgIpc) is 3.58. The Morgan fingerprint density at radius 2 is 1.85 bits per heavy atom. The summed E-state index contributed by atoms with van der Waals surface area (Å²) in [6, 6.07) is 18.1. The van der Waals surface area contributed by atoms with Crippen molar-refractivity contribution in [2.45, 2.75) is 45.2 Å². The van der Waals surface area contributed by atoms with E-state index in [0.29, 0.717) is 34.1 Å². The van der Waals surface area contributed by atoms with E-state index < -0.39 is 6.04 Å². The smallest absolute Gasteiger partial charge is 0.259 e. The van der Waals surface area contributed by atoms with Crippen molar-refractivity contribution in [1.29, 1.82) is 0 Å². The fourth-order valence-corrected chi connectivity index (χ4v) is 5.12. The lowest BCUT2D eigenvalue weighted by molar-refractivity contribution is -0.125. The summed E-state index contributed by atoms with van der Waals surface area (Å²) in [7, 11) is 0. The Balaban J connectivity index is 1.23. The molecule has 1 aromatic heterocycles. The maximum Gasteiger partial charge on any atom is 0.259 e. The van der Waals surface area contributed by atoms with Gasteiger partial charge >= 0.3 is 0 Å². The van der Waals surface area contributed by atoms with Gasteiger partial charge in [-0.3, -0.25) is 19.4 Å². The maximum absolute atomic E-state index is 13.4. The maximum atomic E-state index is 13.4. The first kappa shape index (κ1) is 26.4. The topological polar surface area (TPSA) is 116 Å². The van der Waals surface area contributed by atoms with Gasteiger partial charge in [0.25, 0.3) is 5.91 Å². The van der Waals surface area contributed by atoms with E-state index in [-0.39, 0.29) is 42.9 Å². The molecule has 9 nitrogen and oxygen atoms in total. The van der Waals surface area contributed by atoms with Gasteiger partial charge in [0.05, 0.1) is 24.2 Å². The molecule has 0 aliphatic carbocycles. The summed E-state index contributed by atoms with van der Waals surface area (Å²) in [6.07, 6.45) is 1.95. The molecule has 2 N–H and O–H groups in total. The zero-order chi connectivity index (χ0) is 27.4. The molecular weight excluding hydrogens is 514 g/mol. The molecule has 0 saturated heterocycles. The van der Waals surface area contributed by atoms with E-state index >= 15 is 0 Å². The van der Waals surface area contributed by atoms with E-state index in [1.54, 1.807) is 18.4 Å². The number of furan rings is 1. The van der Waals surface area contributed by atoms with Crippen LogP contribution in [0.15, 0.2) is 81.3 Å². The van der Waals surface area contributed by atoms with Crippen molar-refractivity contribution in [2.24, 2.45) is 9.98 Å². The minimum absolute atomic E-state index is 0.0733. The number of carbonyl (C=O) groups excluding carboxylic acids is 3. The molecule has 2 aliphatic rings. The molecule has 2 aromatic carbocycles. The molecule has 10 heteroatoms. The quantitative estimate of drug-likeness (QED) is 0.401. The highest BCUT2D eigenvalue weighted by molar-refractivity contribution is 8.14. The van der Waals surface area contributed by atoms with Gasteiger partial charge in [0.15, 0.2) is 5.17 Å². The summed E-state index contributed by atoms with van der Waals surface area (Å²) in [4.78, 5) is 49.3. The lowest BCUT2D eigenvalue weighted by Crippen LogP contribution is -2.41. The third-order valence-electron chi connectivity index (χ3n) is 6.43. The van der Waals surface area contributed by atoms with E-state index in [2.05, 4.69) is 34.5 Å². The fourth-order valence-electron chi connectivity index (χ4n) is 4.32. The number of nitrogens with zero attached hydrogens (tertiary/aromatic N) is 3. The highest BCUT2D eigenvalue weighted by Crippen LogP contribution is 2.34. The molecule has 0 bridgehead atoms. The van der Waals surface area contributed by atoms with E-state index in [1.165, 1.54) is 22.2 Å². The molecule has 0 unspecified atom stereocenters. The number of hydrogen-bond donors (Lipinski definition) is 2. The van der Waals surface area contributed by atoms with Crippen molar-refractivity contribution >= 4 is 51.9 Å². The third-order valence-corrected chi connectivity index (χ3v) is 7.36. The van der Waals surface area contributed by atoms with E-state index in [4.69, 9.17) is 4.42 Å². The Labute approximate surface area is 230 Å². The first-order valence-corrected chi connectivity index (χ1v) is 13.8. The SMILES string of the molecule is CC(C)c1ccc(NC(=O)CSC2=Nc3ccccc3C3=N[C@@H](CCC(=O)NCc4ccco4)C(=O)N23)cc1. The first-order chi connectivity index (χ1) is 18.9. The number of nitrogens with one attached hydrogen (secondary N) is 2. The summed E-state index contributed by atoms with van der Waals surface area (Å²) in [5.41, 5.74) is 3.34. The van der Waals surface area contributed by atoms with E-state index in [0.717, 1.165) is 5.56 Å². The van der Waals surface area contributed by atoms with E-state index in [1.807, 2.05) is 48.5 Å². The van der Waals surface area contributed by atoms with E-state index in [9.17, 15) is 14.4 Å². The van der Waals surface area contributed by atoms with Crippen molar-refractivity contribution in [3.05, 3.63) is 83.8 Å². The summed E-state index contributed by atoms with van der Waals surface area (Å²) in [5.74, 6) is 0.993. The van der Waals surface area contributed by atoms with Crippen molar-refractivity contribution in [3.8, 4) is 0 Å². The monoisotopic (exact) mass is 543 g/mol. The van der Waals surface area contributed by atoms with Crippen LogP contribution in [0, 0.1) is 0 Å². The molecule has 0 fully saturated rings. The van der Waals surface area contributed by atoms with Gasteiger partial charge in [0.1, 0.15) is 17.6 Å². The van der Waals surface area contributed by atoms with Crippen LogP contribution in [0.2, 0.25) is 0 Å². The number of rotatable bonds is 9. The minimum atomic E-state index is -0.709. The zero-order valence-corrected chi connectivity index (χ0v) is 22.5. The number of anilines is 1. The van der Waals surface area contributed by atoms with Crippen LogP contribution in [-0.4, -0.2) is 45.4 Å². The van der Waals surface area contributed by atoms with Crippen LogP contribution in [0.4, 0.5) is 11.4 Å². The van der Waals surface area contributed by atoms with Crippen LogP contribution in [0.3, 0.4) is 0 Å². The molecule has 0 radical (unpaired) electrons. The van der Waals surface area contributed by atoms with Crippen LogP contribution in [0.5, 0.6) is 0 Å². The van der Waals surface area contributed by atoms with Gasteiger partial charge in [0.2, 0.25) is 11.8 Å². The molecule has 39 heavy (non-hydrogen) atoms. The Hall–Kier alpha value is -4.18. The van der Waals surface area contributed by atoms with Crippen LogP contribution in [0.25, 0.3) is 0 Å². The number of amides is 3. The lowest BCUT2D eigenvalue weighted by Gasteiger charge is -2.25. The molecule has 200 valence electrons. The average molecular weight is 544 g/mol. The Morgan fingerprint density at radius 3 is 2.59 bits per heavy atom. The molecule has 0 saturated carbocycles.